The minimum atomic E-state index is -0.551. The molecular weight excluding hydrogens is 303 g/mol. The summed E-state index contributed by atoms with van der Waals surface area (Å²) in [5.41, 5.74) is 4.34. The van der Waals surface area contributed by atoms with Crippen LogP contribution in [0.5, 0.6) is 0 Å². The number of rotatable bonds is 3. The molecule has 0 saturated heterocycles. The van der Waals surface area contributed by atoms with Gasteiger partial charge in [0.05, 0.1) is 5.41 Å². The summed E-state index contributed by atoms with van der Waals surface area (Å²) in [7, 11) is 0. The first-order valence-corrected chi connectivity index (χ1v) is 8.15. The number of carbonyl (C=O) groups excluding carboxylic acids is 1. The Labute approximate surface area is 139 Å². The number of H-pyrrole nitrogens is 1. The Bertz CT molecular complexity index is 953. The summed E-state index contributed by atoms with van der Waals surface area (Å²) < 4.78 is 13.6. The normalized spacial score (nSPS) is 15.5. The lowest BCUT2D eigenvalue weighted by Crippen LogP contribution is -2.27. The molecule has 0 aliphatic heterocycles. The van der Waals surface area contributed by atoms with Crippen molar-refractivity contribution in [3.63, 3.8) is 0 Å². The lowest BCUT2D eigenvalue weighted by molar-refractivity contribution is -0.118. The van der Waals surface area contributed by atoms with Gasteiger partial charge >= 0.3 is 0 Å². The molecule has 1 aliphatic rings. The molecule has 2 N–H and O–H groups in total. The number of nitrogens with one attached hydrogen (secondary N) is 2. The van der Waals surface area contributed by atoms with Crippen LogP contribution >= 0.6 is 0 Å². The maximum atomic E-state index is 13.6. The van der Waals surface area contributed by atoms with Crippen molar-refractivity contribution in [1.82, 2.24) is 4.98 Å². The van der Waals surface area contributed by atoms with Gasteiger partial charge in [-0.2, -0.15) is 0 Å². The van der Waals surface area contributed by atoms with Gasteiger partial charge in [0.25, 0.3) is 0 Å². The first kappa shape index (κ1) is 14.9. The van der Waals surface area contributed by atoms with Crippen molar-refractivity contribution in [1.29, 1.82) is 0 Å². The molecule has 3 nitrogen and oxygen atoms in total. The Morgan fingerprint density at radius 3 is 2.62 bits per heavy atom. The van der Waals surface area contributed by atoms with Crippen LogP contribution in [-0.2, 0) is 10.2 Å². The molecule has 0 radical (unpaired) electrons. The molecule has 1 aromatic heterocycles. The molecule has 24 heavy (non-hydrogen) atoms. The average Bonchev–Trinajstić information content (AvgIpc) is 3.25. The average molecular weight is 322 g/mol. The number of halogens is 1. The molecule has 4 rings (SSSR count). The van der Waals surface area contributed by atoms with Crippen LogP contribution in [0.1, 0.15) is 29.5 Å². The number of aromatic nitrogens is 1. The predicted octanol–water partition coefficient (Wildman–Crippen LogP) is 4.59. The fourth-order valence-electron chi connectivity index (χ4n) is 3.30. The predicted molar refractivity (Wildman–Crippen MR) is 93.7 cm³/mol. The van der Waals surface area contributed by atoms with Gasteiger partial charge < -0.3 is 10.3 Å². The maximum absolute atomic E-state index is 13.6. The molecule has 1 saturated carbocycles. The van der Waals surface area contributed by atoms with Gasteiger partial charge in [0.1, 0.15) is 5.82 Å². The van der Waals surface area contributed by atoms with Crippen LogP contribution in [0.15, 0.2) is 42.6 Å². The van der Waals surface area contributed by atoms with Gasteiger partial charge in [-0.25, -0.2) is 4.39 Å². The van der Waals surface area contributed by atoms with E-state index in [-0.39, 0.29) is 11.7 Å². The van der Waals surface area contributed by atoms with Crippen molar-refractivity contribution in [2.24, 2.45) is 0 Å². The molecule has 0 spiro atoms. The molecular formula is C20H19FN2O. The second-order valence-electron chi connectivity index (χ2n) is 6.73. The summed E-state index contributed by atoms with van der Waals surface area (Å²) in [5, 5.41) is 3.83. The van der Waals surface area contributed by atoms with Gasteiger partial charge in [-0.05, 0) is 73.7 Å². The standard InChI is InChI=1S/C20H19FN2O/c1-12-3-5-15(9-13(12)2)23-19(24)20(7-8-20)17-11-22-18-6-4-14(21)10-16(17)18/h3-6,9-11,22H,7-8H2,1-2H3,(H,23,24). The Morgan fingerprint density at radius 2 is 1.92 bits per heavy atom. The first-order valence-electron chi connectivity index (χ1n) is 8.15. The van der Waals surface area contributed by atoms with Crippen molar-refractivity contribution in [2.45, 2.75) is 32.1 Å². The Balaban J connectivity index is 1.68. The fourth-order valence-corrected chi connectivity index (χ4v) is 3.30. The highest BCUT2D eigenvalue weighted by Crippen LogP contribution is 2.51. The van der Waals surface area contributed by atoms with E-state index in [1.807, 2.05) is 38.2 Å². The van der Waals surface area contributed by atoms with Gasteiger partial charge in [-0.15, -0.1) is 0 Å². The topological polar surface area (TPSA) is 44.9 Å². The van der Waals surface area contributed by atoms with Crippen LogP contribution in [0.3, 0.4) is 0 Å². The summed E-state index contributed by atoms with van der Waals surface area (Å²) in [6.07, 6.45) is 3.41. The monoisotopic (exact) mass is 322 g/mol. The van der Waals surface area contributed by atoms with E-state index in [9.17, 15) is 9.18 Å². The van der Waals surface area contributed by atoms with Gasteiger partial charge in [0.15, 0.2) is 0 Å². The van der Waals surface area contributed by atoms with Crippen LogP contribution in [0, 0.1) is 19.7 Å². The highest BCUT2D eigenvalue weighted by molar-refractivity contribution is 6.04. The number of hydrogen-bond acceptors (Lipinski definition) is 1. The summed E-state index contributed by atoms with van der Waals surface area (Å²) in [6, 6.07) is 10.6. The third kappa shape index (κ3) is 2.30. The van der Waals surface area contributed by atoms with Crippen LogP contribution in [0.4, 0.5) is 10.1 Å². The zero-order valence-electron chi connectivity index (χ0n) is 13.7. The number of aryl methyl sites for hydroxylation is 2. The minimum Gasteiger partial charge on any atom is -0.361 e. The number of anilines is 1. The lowest BCUT2D eigenvalue weighted by atomic mass is 9.94. The highest BCUT2D eigenvalue weighted by atomic mass is 19.1. The van der Waals surface area contributed by atoms with Crippen molar-refractivity contribution in [2.75, 3.05) is 5.32 Å². The molecule has 3 aromatic rings. The molecule has 0 bridgehead atoms. The quantitative estimate of drug-likeness (QED) is 0.727. The molecule has 122 valence electrons. The molecule has 4 heteroatoms. The summed E-state index contributed by atoms with van der Waals surface area (Å²) >= 11 is 0. The largest absolute Gasteiger partial charge is 0.361 e. The molecule has 2 aromatic carbocycles. The number of amides is 1. The smallest absolute Gasteiger partial charge is 0.235 e. The van der Waals surface area contributed by atoms with E-state index in [1.165, 1.54) is 17.7 Å². The van der Waals surface area contributed by atoms with Crippen molar-refractivity contribution >= 4 is 22.5 Å². The molecule has 0 unspecified atom stereocenters. The summed E-state index contributed by atoms with van der Waals surface area (Å²) in [5.74, 6) is -0.301. The summed E-state index contributed by atoms with van der Waals surface area (Å²) in [4.78, 5) is 16.1. The van der Waals surface area contributed by atoms with Crippen LogP contribution in [0.25, 0.3) is 10.9 Å². The first-order chi connectivity index (χ1) is 11.5. The maximum Gasteiger partial charge on any atom is 0.235 e. The number of aromatic amines is 1. The lowest BCUT2D eigenvalue weighted by Gasteiger charge is -2.16. The van der Waals surface area contributed by atoms with Crippen LogP contribution in [-0.4, -0.2) is 10.9 Å². The minimum absolute atomic E-state index is 0.0177. The number of fused-ring (bicyclic) bond motifs is 1. The number of carbonyl (C=O) groups is 1. The third-order valence-corrected chi connectivity index (χ3v) is 5.11. The fraction of sp³-hybridized carbons (Fsp3) is 0.250. The van der Waals surface area contributed by atoms with E-state index in [4.69, 9.17) is 0 Å². The van der Waals surface area contributed by atoms with E-state index in [2.05, 4.69) is 10.3 Å². The van der Waals surface area contributed by atoms with Gasteiger partial charge in [-0.1, -0.05) is 6.07 Å². The third-order valence-electron chi connectivity index (χ3n) is 5.11. The highest BCUT2D eigenvalue weighted by Gasteiger charge is 2.52. The SMILES string of the molecule is Cc1ccc(NC(=O)C2(c3c[nH]c4ccc(F)cc34)CC2)cc1C. The van der Waals surface area contributed by atoms with Gasteiger partial charge in [-0.3, -0.25) is 4.79 Å². The second kappa shape index (κ2) is 5.20. The molecule has 1 amide bonds. The Kier molecular flexibility index (Phi) is 3.23. The van der Waals surface area contributed by atoms with Crippen molar-refractivity contribution in [3.05, 3.63) is 65.1 Å². The van der Waals surface area contributed by atoms with Crippen molar-refractivity contribution in [3.8, 4) is 0 Å². The van der Waals surface area contributed by atoms with Crippen LogP contribution in [0.2, 0.25) is 0 Å². The van der Waals surface area contributed by atoms with E-state index in [1.54, 1.807) is 6.07 Å². The zero-order chi connectivity index (χ0) is 16.9. The molecule has 0 atom stereocenters. The zero-order valence-corrected chi connectivity index (χ0v) is 13.7. The van der Waals surface area contributed by atoms with E-state index in [0.29, 0.717) is 0 Å². The van der Waals surface area contributed by atoms with E-state index >= 15 is 0 Å². The van der Waals surface area contributed by atoms with E-state index < -0.39 is 5.41 Å². The number of benzene rings is 2. The van der Waals surface area contributed by atoms with Gasteiger partial charge in [0, 0.05) is 22.8 Å². The molecule has 1 fully saturated rings. The molecule has 1 aliphatic carbocycles. The second-order valence-corrected chi connectivity index (χ2v) is 6.73. The van der Waals surface area contributed by atoms with Crippen molar-refractivity contribution < 1.29 is 9.18 Å². The number of hydrogen-bond donors (Lipinski definition) is 2. The van der Waals surface area contributed by atoms with E-state index in [0.717, 1.165) is 40.6 Å². The Morgan fingerprint density at radius 1 is 1.12 bits per heavy atom. The Hall–Kier alpha value is -2.62. The van der Waals surface area contributed by atoms with Crippen LogP contribution < -0.4 is 5.32 Å². The molecule has 1 heterocycles. The summed E-state index contributed by atoms with van der Waals surface area (Å²) in [6.45, 7) is 4.07. The van der Waals surface area contributed by atoms with Gasteiger partial charge in [0.2, 0.25) is 5.91 Å².